The summed E-state index contributed by atoms with van der Waals surface area (Å²) in [6, 6.07) is 22.3. The number of aryl methyl sites for hydroxylation is 1. The first-order chi connectivity index (χ1) is 18.0. The first-order valence-corrected chi connectivity index (χ1v) is 12.3. The molecular formula is C30H30N2O5. The quantitative estimate of drug-likeness (QED) is 0.215. The van der Waals surface area contributed by atoms with Crippen molar-refractivity contribution in [2.24, 2.45) is 5.73 Å². The topological polar surface area (TPSA) is 104 Å². The normalized spacial score (nSPS) is 14.2. The van der Waals surface area contributed by atoms with Crippen molar-refractivity contribution in [2.45, 2.75) is 39.0 Å². The molecule has 2 N–H and O–H groups in total. The van der Waals surface area contributed by atoms with E-state index in [1.54, 1.807) is 24.3 Å². The van der Waals surface area contributed by atoms with Crippen molar-refractivity contribution in [3.05, 3.63) is 94.9 Å². The summed E-state index contributed by atoms with van der Waals surface area (Å²) < 4.78 is 22.6. The maximum Gasteiger partial charge on any atom is 0.349 e. The third-order valence-electron chi connectivity index (χ3n) is 6.09. The van der Waals surface area contributed by atoms with Crippen LogP contribution in [0.2, 0.25) is 0 Å². The highest BCUT2D eigenvalue weighted by molar-refractivity contribution is 5.74. The van der Waals surface area contributed by atoms with Crippen LogP contribution in [0.15, 0.2) is 78.2 Å². The lowest BCUT2D eigenvalue weighted by Gasteiger charge is -2.26. The van der Waals surface area contributed by atoms with Crippen molar-refractivity contribution >= 4 is 5.97 Å². The highest BCUT2D eigenvalue weighted by Crippen LogP contribution is 2.43. The molecular weight excluding hydrogens is 468 g/mol. The fourth-order valence-electron chi connectivity index (χ4n) is 4.16. The zero-order valence-corrected chi connectivity index (χ0v) is 21.0. The Morgan fingerprint density at radius 2 is 1.78 bits per heavy atom. The molecule has 7 nitrogen and oxygen atoms in total. The molecule has 0 spiro atoms. The Bertz CT molecular complexity index is 1320. The zero-order valence-electron chi connectivity index (χ0n) is 21.0. The Kier molecular flexibility index (Phi) is 8.32. The summed E-state index contributed by atoms with van der Waals surface area (Å²) in [5, 5.41) is 9.81. The molecule has 7 heteroatoms. The second-order valence-electron chi connectivity index (χ2n) is 8.78. The van der Waals surface area contributed by atoms with Gasteiger partial charge in [-0.05, 0) is 48.7 Å². The van der Waals surface area contributed by atoms with Crippen molar-refractivity contribution < 1.29 is 23.7 Å². The Balaban J connectivity index is 1.49. The van der Waals surface area contributed by atoms with Crippen LogP contribution in [0.3, 0.4) is 0 Å². The molecule has 1 aliphatic rings. The fourth-order valence-corrected chi connectivity index (χ4v) is 4.16. The van der Waals surface area contributed by atoms with Crippen LogP contribution in [-0.4, -0.2) is 19.2 Å². The lowest BCUT2D eigenvalue weighted by molar-refractivity contribution is -0.136. The number of ether oxygens (including phenoxy) is 4. The second kappa shape index (κ2) is 12.0. The highest BCUT2D eigenvalue weighted by Gasteiger charge is 2.31. The van der Waals surface area contributed by atoms with Gasteiger partial charge in [0.05, 0.1) is 12.5 Å². The average molecular weight is 499 g/mol. The van der Waals surface area contributed by atoms with Crippen LogP contribution in [0.4, 0.5) is 0 Å². The molecule has 1 aliphatic heterocycles. The minimum Gasteiger partial charge on any atom is -0.494 e. The Labute approximate surface area is 217 Å². The smallest absolute Gasteiger partial charge is 0.349 e. The highest BCUT2D eigenvalue weighted by atomic mass is 16.6. The molecule has 0 saturated carbocycles. The van der Waals surface area contributed by atoms with Crippen molar-refractivity contribution in [2.75, 3.05) is 13.2 Å². The van der Waals surface area contributed by atoms with Gasteiger partial charge >= 0.3 is 5.97 Å². The molecule has 1 heterocycles. The number of allylic oxidation sites excluding steroid dienone is 1. The molecule has 3 aromatic carbocycles. The molecule has 190 valence electrons. The number of carbonyl (C=O) groups is 1. The number of esters is 1. The molecule has 0 amide bonds. The summed E-state index contributed by atoms with van der Waals surface area (Å²) in [5.74, 6) is 1.16. The van der Waals surface area contributed by atoms with Crippen LogP contribution in [-0.2, 0) is 4.79 Å². The molecule has 0 radical (unpaired) electrons. The van der Waals surface area contributed by atoms with Gasteiger partial charge in [-0.1, -0.05) is 56.2 Å². The number of hydrogen-bond acceptors (Lipinski definition) is 7. The molecule has 0 fully saturated rings. The molecule has 4 rings (SSSR count). The van der Waals surface area contributed by atoms with E-state index in [0.29, 0.717) is 29.4 Å². The van der Waals surface area contributed by atoms with Crippen molar-refractivity contribution in [1.82, 2.24) is 0 Å². The molecule has 0 bridgehead atoms. The van der Waals surface area contributed by atoms with Gasteiger partial charge in [-0.3, -0.25) is 0 Å². The first kappa shape index (κ1) is 25.6. The van der Waals surface area contributed by atoms with Gasteiger partial charge in [0, 0.05) is 11.6 Å². The molecule has 37 heavy (non-hydrogen) atoms. The number of hydrogen-bond donors (Lipinski definition) is 1. The largest absolute Gasteiger partial charge is 0.494 e. The standard InChI is InChI=1S/C30H30N2O5/c1-3-4-7-16-34-22-12-10-21(11-13-22)29-24-15-14-23(17-27(24)37-30(32)25(29)18-31)36-28(33)19-35-26-9-6-5-8-20(26)2/h5-6,8-15,17,29H,3-4,7,16,19,32H2,1-2H3. The summed E-state index contributed by atoms with van der Waals surface area (Å²) in [4.78, 5) is 12.4. The van der Waals surface area contributed by atoms with Crippen LogP contribution in [0, 0.1) is 18.3 Å². The molecule has 1 unspecified atom stereocenters. The van der Waals surface area contributed by atoms with Crippen LogP contribution in [0.5, 0.6) is 23.0 Å². The van der Waals surface area contributed by atoms with Crippen LogP contribution in [0.1, 0.15) is 48.8 Å². The summed E-state index contributed by atoms with van der Waals surface area (Å²) >= 11 is 0. The van der Waals surface area contributed by atoms with E-state index in [1.807, 2.05) is 49.4 Å². The van der Waals surface area contributed by atoms with Gasteiger partial charge in [-0.2, -0.15) is 5.26 Å². The second-order valence-corrected chi connectivity index (χ2v) is 8.78. The predicted molar refractivity (Wildman–Crippen MR) is 140 cm³/mol. The van der Waals surface area contributed by atoms with E-state index in [4.69, 9.17) is 24.7 Å². The number of para-hydroxylation sites is 1. The van der Waals surface area contributed by atoms with E-state index in [0.717, 1.165) is 41.7 Å². The Hall–Kier alpha value is -4.44. The number of benzene rings is 3. The summed E-state index contributed by atoms with van der Waals surface area (Å²) in [6.45, 7) is 4.49. The molecule has 0 aromatic heterocycles. The maximum absolute atomic E-state index is 12.4. The molecule has 0 aliphatic carbocycles. The van der Waals surface area contributed by atoms with Crippen LogP contribution >= 0.6 is 0 Å². The Morgan fingerprint density at radius 1 is 1.03 bits per heavy atom. The number of unbranched alkanes of at least 4 members (excludes halogenated alkanes) is 2. The van der Waals surface area contributed by atoms with Gasteiger partial charge in [-0.15, -0.1) is 0 Å². The minimum atomic E-state index is -0.550. The number of nitrogens with two attached hydrogens (primary N) is 1. The van der Waals surface area contributed by atoms with Gasteiger partial charge in [-0.25, -0.2) is 4.79 Å². The lowest BCUT2D eigenvalue weighted by Crippen LogP contribution is -2.21. The summed E-state index contributed by atoms with van der Waals surface area (Å²) in [5.41, 5.74) is 8.99. The van der Waals surface area contributed by atoms with Crippen molar-refractivity contribution in [3.63, 3.8) is 0 Å². The van der Waals surface area contributed by atoms with Crippen LogP contribution < -0.4 is 24.7 Å². The van der Waals surface area contributed by atoms with E-state index in [1.165, 1.54) is 0 Å². The van der Waals surface area contributed by atoms with Gasteiger partial charge in [0.1, 0.15) is 34.6 Å². The molecule has 3 aromatic rings. The average Bonchev–Trinajstić information content (AvgIpc) is 2.90. The van der Waals surface area contributed by atoms with Crippen molar-refractivity contribution in [1.29, 1.82) is 5.26 Å². The number of rotatable bonds is 10. The number of nitrogens with zero attached hydrogens (tertiary/aromatic N) is 1. The first-order valence-electron chi connectivity index (χ1n) is 12.3. The monoisotopic (exact) mass is 498 g/mol. The minimum absolute atomic E-state index is 0.0197. The van der Waals surface area contributed by atoms with Crippen molar-refractivity contribution in [3.8, 4) is 29.1 Å². The lowest BCUT2D eigenvalue weighted by atomic mass is 9.83. The van der Waals surface area contributed by atoms with Gasteiger partial charge in [0.15, 0.2) is 6.61 Å². The number of fused-ring (bicyclic) bond motifs is 1. The van der Waals surface area contributed by atoms with E-state index >= 15 is 0 Å². The summed E-state index contributed by atoms with van der Waals surface area (Å²) in [7, 11) is 0. The maximum atomic E-state index is 12.4. The fraction of sp³-hybridized carbons (Fsp3) is 0.267. The van der Waals surface area contributed by atoms with Gasteiger partial charge < -0.3 is 24.7 Å². The molecule has 0 saturated heterocycles. The third-order valence-corrected chi connectivity index (χ3v) is 6.09. The number of nitriles is 1. The van der Waals surface area contributed by atoms with E-state index < -0.39 is 11.9 Å². The van der Waals surface area contributed by atoms with E-state index in [9.17, 15) is 10.1 Å². The third kappa shape index (κ3) is 6.22. The summed E-state index contributed by atoms with van der Waals surface area (Å²) in [6.07, 6.45) is 3.27. The number of carbonyl (C=O) groups excluding carboxylic acids is 1. The molecule has 1 atom stereocenters. The zero-order chi connectivity index (χ0) is 26.2. The van der Waals surface area contributed by atoms with E-state index in [-0.39, 0.29) is 12.5 Å². The SMILES string of the molecule is CCCCCOc1ccc(C2C(C#N)=C(N)Oc3cc(OC(=O)COc4ccccc4C)ccc32)cc1. The predicted octanol–water partition coefficient (Wildman–Crippen LogP) is 5.77. The van der Waals surface area contributed by atoms with Gasteiger partial charge in [0.25, 0.3) is 0 Å². The van der Waals surface area contributed by atoms with E-state index in [2.05, 4.69) is 13.0 Å². The van der Waals surface area contributed by atoms with Gasteiger partial charge in [0.2, 0.25) is 5.88 Å². The Morgan fingerprint density at radius 3 is 2.51 bits per heavy atom. The van der Waals surface area contributed by atoms with Crippen LogP contribution in [0.25, 0.3) is 0 Å².